The normalized spacial score (nSPS) is 13.7. The second kappa shape index (κ2) is 12.5. The molecule has 2 heterocycles. The highest BCUT2D eigenvalue weighted by molar-refractivity contribution is 9.11. The van der Waals surface area contributed by atoms with Crippen molar-refractivity contribution in [3.8, 4) is 11.5 Å². The van der Waals surface area contributed by atoms with Crippen LogP contribution in [0.25, 0.3) is 20.2 Å². The summed E-state index contributed by atoms with van der Waals surface area (Å²) >= 11 is 7.25. The van der Waals surface area contributed by atoms with E-state index in [0.29, 0.717) is 11.8 Å². The summed E-state index contributed by atoms with van der Waals surface area (Å²) in [6.45, 7) is 10.7. The molecule has 2 aromatic heterocycles. The van der Waals surface area contributed by atoms with Crippen LogP contribution in [0.2, 0.25) is 0 Å². The summed E-state index contributed by atoms with van der Waals surface area (Å²) in [7, 11) is 0. The molecule has 0 radical (unpaired) electrons. The molecule has 2 nitrogen and oxygen atoms in total. The number of halogens is 1. The highest BCUT2D eigenvalue weighted by Gasteiger charge is 2.21. The van der Waals surface area contributed by atoms with Gasteiger partial charge in [-0.2, -0.15) is 0 Å². The van der Waals surface area contributed by atoms with Gasteiger partial charge in [-0.25, -0.2) is 0 Å². The van der Waals surface area contributed by atoms with E-state index >= 15 is 0 Å². The van der Waals surface area contributed by atoms with Gasteiger partial charge in [0.15, 0.2) is 0 Å². The van der Waals surface area contributed by atoms with Crippen LogP contribution in [0.1, 0.15) is 79.1 Å². The molecule has 0 saturated carbocycles. The molecular formula is C26H37BrO2S2. The number of hydrogen-bond acceptors (Lipinski definition) is 4. The number of fused-ring (bicyclic) bond motifs is 2. The molecule has 0 fully saturated rings. The van der Waals surface area contributed by atoms with Crippen LogP contribution in [-0.4, -0.2) is 13.2 Å². The van der Waals surface area contributed by atoms with Gasteiger partial charge in [0.1, 0.15) is 11.5 Å². The van der Waals surface area contributed by atoms with Gasteiger partial charge in [-0.3, -0.25) is 0 Å². The fourth-order valence-corrected chi connectivity index (χ4v) is 6.61. The van der Waals surface area contributed by atoms with Crippen molar-refractivity contribution in [1.29, 1.82) is 0 Å². The molecule has 2 atom stereocenters. The Balaban J connectivity index is 1.91. The van der Waals surface area contributed by atoms with Gasteiger partial charge in [-0.1, -0.05) is 66.2 Å². The van der Waals surface area contributed by atoms with E-state index in [1.165, 1.54) is 71.5 Å². The maximum absolute atomic E-state index is 6.55. The molecule has 3 aromatic rings. The fourth-order valence-electron chi connectivity index (χ4n) is 4.09. The van der Waals surface area contributed by atoms with E-state index in [1.807, 2.05) is 0 Å². The SMILES string of the molecule is CCCCC(CC)COc1c2cc(Br)sc2c(OCC(CC)CCCC)c2ccsc12. The standard InChI is InChI=1S/C26H37BrO2S2/c1-5-9-11-18(7-3)16-28-23-20-13-14-30-25(20)24(21-15-22(27)31-26(21)23)29-17-19(8-4)12-10-6-2/h13-15,18-19H,5-12,16-17H2,1-4H3. The Morgan fingerprint density at radius 2 is 1.42 bits per heavy atom. The summed E-state index contributed by atoms with van der Waals surface area (Å²) in [6.07, 6.45) is 9.87. The summed E-state index contributed by atoms with van der Waals surface area (Å²) in [5.74, 6) is 3.32. The Kier molecular flexibility index (Phi) is 9.99. The van der Waals surface area contributed by atoms with E-state index in [1.54, 1.807) is 22.7 Å². The summed E-state index contributed by atoms with van der Waals surface area (Å²) in [6, 6.07) is 4.42. The molecule has 0 aliphatic heterocycles. The van der Waals surface area contributed by atoms with Crippen molar-refractivity contribution in [2.45, 2.75) is 79.1 Å². The summed E-state index contributed by atoms with van der Waals surface area (Å²) < 4.78 is 16.7. The molecule has 5 heteroatoms. The van der Waals surface area contributed by atoms with Crippen LogP contribution in [0.5, 0.6) is 11.5 Å². The van der Waals surface area contributed by atoms with Gasteiger partial charge in [-0.05, 0) is 58.1 Å². The van der Waals surface area contributed by atoms with Crippen LogP contribution >= 0.6 is 38.6 Å². The predicted molar refractivity (Wildman–Crippen MR) is 143 cm³/mol. The summed E-state index contributed by atoms with van der Waals surface area (Å²) in [5.41, 5.74) is 0. The third kappa shape index (κ3) is 6.17. The number of hydrogen-bond donors (Lipinski definition) is 0. The van der Waals surface area contributed by atoms with Gasteiger partial charge in [0.2, 0.25) is 0 Å². The van der Waals surface area contributed by atoms with Gasteiger partial charge in [0.05, 0.1) is 26.4 Å². The first kappa shape index (κ1) is 24.9. The lowest BCUT2D eigenvalue weighted by molar-refractivity contribution is 0.235. The molecule has 0 saturated heterocycles. The van der Waals surface area contributed by atoms with E-state index in [2.05, 4.69) is 61.1 Å². The third-order valence-electron chi connectivity index (χ3n) is 6.28. The van der Waals surface area contributed by atoms with Crippen molar-refractivity contribution in [3.63, 3.8) is 0 Å². The minimum absolute atomic E-state index is 0.617. The monoisotopic (exact) mass is 524 g/mol. The lowest BCUT2D eigenvalue weighted by atomic mass is 10.0. The maximum atomic E-state index is 6.55. The van der Waals surface area contributed by atoms with Crippen molar-refractivity contribution in [3.05, 3.63) is 21.3 Å². The number of ether oxygens (including phenoxy) is 2. The van der Waals surface area contributed by atoms with Gasteiger partial charge < -0.3 is 9.47 Å². The zero-order valence-electron chi connectivity index (χ0n) is 19.5. The van der Waals surface area contributed by atoms with Crippen molar-refractivity contribution < 1.29 is 9.47 Å². The largest absolute Gasteiger partial charge is 0.491 e. The summed E-state index contributed by atoms with van der Waals surface area (Å²) in [4.78, 5) is 0. The minimum atomic E-state index is 0.617. The highest BCUT2D eigenvalue weighted by atomic mass is 79.9. The second-order valence-electron chi connectivity index (χ2n) is 8.57. The Morgan fingerprint density at radius 1 is 0.839 bits per heavy atom. The molecule has 31 heavy (non-hydrogen) atoms. The first-order valence-electron chi connectivity index (χ1n) is 12.0. The van der Waals surface area contributed by atoms with Crippen LogP contribution in [-0.2, 0) is 0 Å². The average molecular weight is 526 g/mol. The van der Waals surface area contributed by atoms with Gasteiger partial charge in [0.25, 0.3) is 0 Å². The van der Waals surface area contributed by atoms with E-state index < -0.39 is 0 Å². The zero-order valence-corrected chi connectivity index (χ0v) is 22.7. The molecular weight excluding hydrogens is 488 g/mol. The smallest absolute Gasteiger partial charge is 0.146 e. The van der Waals surface area contributed by atoms with Crippen LogP contribution in [0.4, 0.5) is 0 Å². The van der Waals surface area contributed by atoms with Gasteiger partial charge in [-0.15, -0.1) is 22.7 Å². The molecule has 0 aliphatic carbocycles. The number of unbranched alkanes of at least 4 members (excludes halogenated alkanes) is 2. The summed E-state index contributed by atoms with van der Waals surface area (Å²) in [5, 5.41) is 4.56. The topological polar surface area (TPSA) is 18.5 Å². The van der Waals surface area contributed by atoms with Crippen molar-refractivity contribution in [2.75, 3.05) is 13.2 Å². The molecule has 0 bridgehead atoms. The number of rotatable bonds is 14. The first-order valence-corrected chi connectivity index (χ1v) is 14.5. The quantitative estimate of drug-likeness (QED) is 0.208. The third-order valence-corrected chi connectivity index (χ3v) is 8.83. The molecule has 172 valence electrons. The fraction of sp³-hybridized carbons (Fsp3) is 0.615. The first-order chi connectivity index (χ1) is 15.1. The van der Waals surface area contributed by atoms with E-state index in [0.717, 1.165) is 28.5 Å². The van der Waals surface area contributed by atoms with Crippen LogP contribution in [0.15, 0.2) is 21.3 Å². The molecule has 0 spiro atoms. The molecule has 0 aliphatic rings. The maximum Gasteiger partial charge on any atom is 0.146 e. The lowest BCUT2D eigenvalue weighted by Gasteiger charge is -2.19. The highest BCUT2D eigenvalue weighted by Crippen LogP contribution is 2.49. The predicted octanol–water partition coefficient (Wildman–Crippen LogP) is 10.1. The van der Waals surface area contributed by atoms with Crippen molar-refractivity contribution in [1.82, 2.24) is 0 Å². The molecule has 2 unspecified atom stereocenters. The molecule has 0 N–H and O–H groups in total. The Labute approximate surface area is 204 Å². The minimum Gasteiger partial charge on any atom is -0.491 e. The second-order valence-corrected chi connectivity index (χ2v) is 11.9. The Bertz CT molecular complexity index is 874. The Hall–Kier alpha value is -0.780. The molecule has 3 rings (SSSR count). The van der Waals surface area contributed by atoms with E-state index in [9.17, 15) is 0 Å². The average Bonchev–Trinajstić information content (AvgIpc) is 3.41. The molecule has 0 amide bonds. The van der Waals surface area contributed by atoms with Crippen molar-refractivity contribution in [2.24, 2.45) is 11.8 Å². The van der Waals surface area contributed by atoms with Gasteiger partial charge >= 0.3 is 0 Å². The van der Waals surface area contributed by atoms with E-state index in [4.69, 9.17) is 9.47 Å². The molecule has 1 aromatic carbocycles. The number of thiophene rings is 2. The van der Waals surface area contributed by atoms with Gasteiger partial charge in [0, 0.05) is 10.8 Å². The van der Waals surface area contributed by atoms with Crippen LogP contribution < -0.4 is 9.47 Å². The van der Waals surface area contributed by atoms with Crippen LogP contribution in [0, 0.1) is 11.8 Å². The Morgan fingerprint density at radius 3 is 1.97 bits per heavy atom. The number of benzene rings is 1. The van der Waals surface area contributed by atoms with E-state index in [-0.39, 0.29) is 0 Å². The lowest BCUT2D eigenvalue weighted by Crippen LogP contribution is -2.12. The van der Waals surface area contributed by atoms with Crippen molar-refractivity contribution >= 4 is 58.8 Å². The van der Waals surface area contributed by atoms with Crippen LogP contribution in [0.3, 0.4) is 0 Å². The zero-order chi connectivity index (χ0) is 22.2.